The molecule has 0 N–H and O–H groups in total. The Hall–Kier alpha value is 0.480. The zero-order valence-corrected chi connectivity index (χ0v) is 11.2. The quantitative estimate of drug-likeness (QED) is 0.457. The van der Waals surface area contributed by atoms with Gasteiger partial charge in [0.25, 0.3) is 0 Å². The van der Waals surface area contributed by atoms with Crippen LogP contribution in [-0.2, 0) is 0 Å². The fourth-order valence-corrected chi connectivity index (χ4v) is 3.29. The van der Waals surface area contributed by atoms with Crippen LogP contribution in [0.15, 0.2) is 0 Å². The van der Waals surface area contributed by atoms with Gasteiger partial charge in [-0.15, -0.1) is 0 Å². The summed E-state index contributed by atoms with van der Waals surface area (Å²) in [6.07, 6.45) is 13.2. The summed E-state index contributed by atoms with van der Waals surface area (Å²) in [5, 5.41) is 1.21. The fourth-order valence-electron chi connectivity index (χ4n) is 2.65. The summed E-state index contributed by atoms with van der Waals surface area (Å²) < 4.78 is 0. The minimum Gasteiger partial charge on any atom is -0.0928 e. The number of hydrogen-bond donors (Lipinski definition) is 0. The lowest BCUT2D eigenvalue weighted by Gasteiger charge is -2.28. The van der Waals surface area contributed by atoms with Gasteiger partial charge in [-0.25, -0.2) is 0 Å². The molecule has 1 heteroatoms. The van der Waals surface area contributed by atoms with Gasteiger partial charge in [-0.1, -0.05) is 74.2 Å². The van der Waals surface area contributed by atoms with E-state index in [-0.39, 0.29) is 0 Å². The van der Waals surface area contributed by atoms with Crippen LogP contribution in [0.25, 0.3) is 0 Å². The minimum absolute atomic E-state index is 1.04. The number of halogens is 1. The van der Waals surface area contributed by atoms with E-state index in [0.29, 0.717) is 0 Å². The average molecular weight is 261 g/mol. The van der Waals surface area contributed by atoms with Crippen LogP contribution in [0.1, 0.15) is 64.7 Å². The molecule has 0 aromatic rings. The molecule has 84 valence electrons. The Labute approximate surface area is 98.0 Å². The van der Waals surface area contributed by atoms with Crippen molar-refractivity contribution in [2.24, 2.45) is 11.8 Å². The number of hydrogen-bond acceptors (Lipinski definition) is 0. The molecule has 0 aromatic heterocycles. The molecule has 14 heavy (non-hydrogen) atoms. The molecule has 0 aliphatic heterocycles. The van der Waals surface area contributed by atoms with E-state index in [1.807, 2.05) is 0 Å². The van der Waals surface area contributed by atoms with Crippen molar-refractivity contribution in [2.45, 2.75) is 64.7 Å². The maximum absolute atomic E-state index is 3.55. The molecule has 1 aliphatic rings. The zero-order chi connectivity index (χ0) is 10.2. The summed E-state index contributed by atoms with van der Waals surface area (Å²) >= 11 is 3.55. The van der Waals surface area contributed by atoms with E-state index in [4.69, 9.17) is 0 Å². The second kappa shape index (κ2) is 7.73. The van der Waals surface area contributed by atoms with E-state index in [1.54, 1.807) is 0 Å². The largest absolute Gasteiger partial charge is 0.0928 e. The summed E-state index contributed by atoms with van der Waals surface area (Å²) in [5.41, 5.74) is 0. The van der Waals surface area contributed by atoms with Crippen LogP contribution < -0.4 is 0 Å². The Morgan fingerprint density at radius 3 is 2.00 bits per heavy atom. The SMILES string of the molecule is CCCCC[C@H]1CC[C@H](CCBr)CC1. The van der Waals surface area contributed by atoms with Crippen molar-refractivity contribution in [3.63, 3.8) is 0 Å². The van der Waals surface area contributed by atoms with Gasteiger partial charge < -0.3 is 0 Å². The highest BCUT2D eigenvalue weighted by molar-refractivity contribution is 9.09. The molecule has 0 aromatic carbocycles. The lowest BCUT2D eigenvalue weighted by molar-refractivity contribution is 0.255. The van der Waals surface area contributed by atoms with Crippen molar-refractivity contribution in [3.8, 4) is 0 Å². The Morgan fingerprint density at radius 2 is 1.50 bits per heavy atom. The zero-order valence-electron chi connectivity index (χ0n) is 9.60. The van der Waals surface area contributed by atoms with Crippen molar-refractivity contribution < 1.29 is 0 Å². The number of rotatable bonds is 6. The molecule has 0 unspecified atom stereocenters. The van der Waals surface area contributed by atoms with Gasteiger partial charge in [0.1, 0.15) is 0 Å². The van der Waals surface area contributed by atoms with Crippen molar-refractivity contribution in [2.75, 3.05) is 5.33 Å². The first-order valence-electron chi connectivity index (χ1n) is 6.42. The molecule has 1 fully saturated rings. The van der Waals surface area contributed by atoms with Crippen LogP contribution in [0.2, 0.25) is 0 Å². The monoisotopic (exact) mass is 260 g/mol. The van der Waals surface area contributed by atoms with Crippen LogP contribution in [0.4, 0.5) is 0 Å². The Morgan fingerprint density at radius 1 is 0.929 bits per heavy atom. The second-order valence-electron chi connectivity index (χ2n) is 4.86. The maximum Gasteiger partial charge on any atom is 0.00339 e. The van der Waals surface area contributed by atoms with Gasteiger partial charge in [-0.05, 0) is 18.3 Å². The van der Waals surface area contributed by atoms with E-state index >= 15 is 0 Å². The molecule has 0 radical (unpaired) electrons. The molecule has 0 amide bonds. The van der Waals surface area contributed by atoms with Gasteiger partial charge in [-0.2, -0.15) is 0 Å². The first-order valence-corrected chi connectivity index (χ1v) is 7.55. The third-order valence-corrected chi connectivity index (χ3v) is 4.16. The topological polar surface area (TPSA) is 0 Å². The first-order chi connectivity index (χ1) is 6.86. The van der Waals surface area contributed by atoms with Gasteiger partial charge in [0, 0.05) is 5.33 Å². The van der Waals surface area contributed by atoms with Gasteiger partial charge in [-0.3, -0.25) is 0 Å². The van der Waals surface area contributed by atoms with Crippen LogP contribution in [0.3, 0.4) is 0 Å². The fraction of sp³-hybridized carbons (Fsp3) is 1.00. The smallest absolute Gasteiger partial charge is 0.00339 e. The molecular formula is C13H25Br. The van der Waals surface area contributed by atoms with Crippen molar-refractivity contribution in [1.29, 1.82) is 0 Å². The third-order valence-electron chi connectivity index (χ3n) is 3.70. The van der Waals surface area contributed by atoms with Crippen molar-refractivity contribution in [3.05, 3.63) is 0 Å². The van der Waals surface area contributed by atoms with Gasteiger partial charge in [0.15, 0.2) is 0 Å². The molecule has 1 aliphatic carbocycles. The van der Waals surface area contributed by atoms with Crippen LogP contribution in [-0.4, -0.2) is 5.33 Å². The van der Waals surface area contributed by atoms with Crippen molar-refractivity contribution >= 4 is 15.9 Å². The van der Waals surface area contributed by atoms with E-state index in [2.05, 4.69) is 22.9 Å². The molecular weight excluding hydrogens is 236 g/mol. The Kier molecular flexibility index (Phi) is 6.93. The van der Waals surface area contributed by atoms with Crippen LogP contribution >= 0.6 is 15.9 Å². The third kappa shape index (κ3) is 4.82. The van der Waals surface area contributed by atoms with Crippen LogP contribution in [0.5, 0.6) is 0 Å². The number of unbranched alkanes of at least 4 members (excludes halogenated alkanes) is 2. The molecule has 1 saturated carbocycles. The summed E-state index contributed by atoms with van der Waals surface area (Å²) in [7, 11) is 0. The summed E-state index contributed by atoms with van der Waals surface area (Å²) in [5.74, 6) is 2.12. The molecule has 0 heterocycles. The van der Waals surface area contributed by atoms with Crippen molar-refractivity contribution in [1.82, 2.24) is 0 Å². The second-order valence-corrected chi connectivity index (χ2v) is 5.65. The molecule has 0 atom stereocenters. The highest BCUT2D eigenvalue weighted by Gasteiger charge is 2.19. The lowest BCUT2D eigenvalue weighted by Crippen LogP contribution is -2.14. The summed E-state index contributed by atoms with van der Waals surface area (Å²) in [6, 6.07) is 0. The average Bonchev–Trinajstić information content (AvgIpc) is 2.21. The molecule has 1 rings (SSSR count). The van der Waals surface area contributed by atoms with E-state index in [1.165, 1.54) is 63.1 Å². The van der Waals surface area contributed by atoms with E-state index in [9.17, 15) is 0 Å². The standard InChI is InChI=1S/C13H25Br/c1-2-3-4-5-12-6-8-13(9-7-12)10-11-14/h12-13H,2-11H2,1H3/t12-,13-. The normalized spacial score (nSPS) is 27.9. The summed E-state index contributed by atoms with van der Waals surface area (Å²) in [4.78, 5) is 0. The van der Waals surface area contributed by atoms with Gasteiger partial charge >= 0.3 is 0 Å². The Balaban J connectivity index is 2.03. The molecule has 0 nitrogen and oxygen atoms in total. The van der Waals surface area contributed by atoms with E-state index < -0.39 is 0 Å². The molecule has 0 saturated heterocycles. The minimum atomic E-state index is 1.04. The van der Waals surface area contributed by atoms with Crippen LogP contribution in [0, 0.1) is 11.8 Å². The van der Waals surface area contributed by atoms with Gasteiger partial charge in [0.05, 0.1) is 0 Å². The molecule has 0 bridgehead atoms. The first kappa shape index (κ1) is 12.5. The summed E-state index contributed by atoms with van der Waals surface area (Å²) in [6.45, 7) is 2.30. The highest BCUT2D eigenvalue weighted by atomic mass is 79.9. The predicted octanol–water partition coefficient (Wildman–Crippen LogP) is 5.16. The number of alkyl halides is 1. The highest BCUT2D eigenvalue weighted by Crippen LogP contribution is 2.33. The lowest BCUT2D eigenvalue weighted by atomic mass is 9.79. The predicted molar refractivity (Wildman–Crippen MR) is 68.0 cm³/mol. The Bertz CT molecular complexity index is 125. The van der Waals surface area contributed by atoms with Gasteiger partial charge in [0.2, 0.25) is 0 Å². The molecule has 0 spiro atoms. The maximum atomic E-state index is 3.55. The van der Waals surface area contributed by atoms with E-state index in [0.717, 1.165) is 11.8 Å².